The van der Waals surface area contributed by atoms with E-state index in [0.29, 0.717) is 6.07 Å². The highest BCUT2D eigenvalue weighted by atomic mass is 35.5. The Morgan fingerprint density at radius 2 is 1.83 bits per heavy atom. The van der Waals surface area contributed by atoms with Crippen molar-refractivity contribution in [1.82, 2.24) is 0 Å². The molecule has 0 saturated carbocycles. The van der Waals surface area contributed by atoms with E-state index >= 15 is 0 Å². The van der Waals surface area contributed by atoms with Crippen LogP contribution in [0.4, 0.5) is 18.9 Å². The molecule has 0 spiro atoms. The molecule has 1 N–H and O–H groups in total. The first-order valence-electron chi connectivity index (χ1n) is 6.21. The molecule has 0 saturated heterocycles. The second-order valence-corrected chi connectivity index (χ2v) is 4.74. The molecule has 0 heterocycles. The molecule has 23 heavy (non-hydrogen) atoms. The number of ether oxygens (including phenoxy) is 1. The number of hydrogen-bond acceptors (Lipinski definition) is 3. The van der Waals surface area contributed by atoms with Gasteiger partial charge in [0.15, 0.2) is 5.75 Å². The molecular formula is C15H9ClF3NO3. The molecule has 0 fully saturated rings. The summed E-state index contributed by atoms with van der Waals surface area (Å²) < 4.78 is 43.3. The van der Waals surface area contributed by atoms with Gasteiger partial charge in [0.1, 0.15) is 0 Å². The Kier molecular flexibility index (Phi) is 4.90. The number of hydrogen-bond donors (Lipinski definition) is 1. The molecule has 0 aliphatic heterocycles. The zero-order valence-corrected chi connectivity index (χ0v) is 12.1. The molecule has 0 unspecified atom stereocenters. The smallest absolute Gasteiger partial charge is 0.420 e. The lowest BCUT2D eigenvalue weighted by Crippen LogP contribution is -2.17. The van der Waals surface area contributed by atoms with Gasteiger partial charge in [0.25, 0.3) is 12.4 Å². The molecule has 2 rings (SSSR count). The number of rotatable bonds is 4. The summed E-state index contributed by atoms with van der Waals surface area (Å²) in [5, 5.41) is 2.58. The number of carbonyl (C=O) groups excluding carboxylic acids is 2. The third-order valence-corrected chi connectivity index (χ3v) is 3.18. The van der Waals surface area contributed by atoms with Crippen molar-refractivity contribution in [3.05, 3.63) is 58.6 Å². The van der Waals surface area contributed by atoms with E-state index < -0.39 is 29.0 Å². The number of nitrogens with one attached hydrogen (secondary N) is 1. The summed E-state index contributed by atoms with van der Waals surface area (Å²) in [4.78, 5) is 22.7. The second kappa shape index (κ2) is 6.70. The molecule has 0 aliphatic rings. The van der Waals surface area contributed by atoms with E-state index in [1.54, 1.807) is 12.1 Å². The van der Waals surface area contributed by atoms with Crippen LogP contribution in [0.25, 0.3) is 0 Å². The monoisotopic (exact) mass is 343 g/mol. The Hall–Kier alpha value is -2.54. The maximum atomic E-state index is 13.0. The highest BCUT2D eigenvalue weighted by Gasteiger charge is 2.36. The van der Waals surface area contributed by atoms with Crippen molar-refractivity contribution < 1.29 is 27.5 Å². The van der Waals surface area contributed by atoms with Crippen molar-refractivity contribution in [2.45, 2.75) is 6.18 Å². The van der Waals surface area contributed by atoms with E-state index in [1.807, 2.05) is 0 Å². The topological polar surface area (TPSA) is 55.4 Å². The molecule has 8 heteroatoms. The predicted octanol–water partition coefficient (Wildman–Crippen LogP) is 4.15. The number of alkyl halides is 3. The van der Waals surface area contributed by atoms with Gasteiger partial charge in [0.05, 0.1) is 21.8 Å². The number of para-hydroxylation sites is 2. The predicted molar refractivity (Wildman–Crippen MR) is 77.5 cm³/mol. The summed E-state index contributed by atoms with van der Waals surface area (Å²) in [7, 11) is 0. The minimum absolute atomic E-state index is 0.170. The zero-order valence-electron chi connectivity index (χ0n) is 11.4. The van der Waals surface area contributed by atoms with Crippen molar-refractivity contribution in [2.24, 2.45) is 0 Å². The molecule has 0 atom stereocenters. The fourth-order valence-corrected chi connectivity index (χ4v) is 2.05. The molecular weight excluding hydrogens is 335 g/mol. The molecule has 0 radical (unpaired) electrons. The first-order valence-corrected chi connectivity index (χ1v) is 6.58. The summed E-state index contributed by atoms with van der Waals surface area (Å²) >= 11 is 5.88. The van der Waals surface area contributed by atoms with Crippen LogP contribution in [-0.4, -0.2) is 12.4 Å². The van der Waals surface area contributed by atoms with Crippen LogP contribution in [0, 0.1) is 0 Å². The standard InChI is InChI=1S/C15H9ClF3NO3/c16-11-6-1-2-7-12(11)20-14(22)9-4-3-5-10(15(17,18)19)13(9)23-8-21/h1-8H,(H,20,22). The summed E-state index contributed by atoms with van der Waals surface area (Å²) in [5.41, 5.74) is -1.45. The number of anilines is 1. The molecule has 1 amide bonds. The maximum Gasteiger partial charge on any atom is 0.420 e. The van der Waals surface area contributed by atoms with Crippen molar-refractivity contribution in [1.29, 1.82) is 0 Å². The largest absolute Gasteiger partial charge is 0.427 e. The van der Waals surface area contributed by atoms with Gasteiger partial charge >= 0.3 is 6.18 Å². The molecule has 4 nitrogen and oxygen atoms in total. The van der Waals surface area contributed by atoms with Gasteiger partial charge in [-0.15, -0.1) is 0 Å². The Morgan fingerprint density at radius 1 is 1.13 bits per heavy atom. The normalized spacial score (nSPS) is 11.0. The fourth-order valence-electron chi connectivity index (χ4n) is 1.87. The average molecular weight is 344 g/mol. The van der Waals surface area contributed by atoms with Gasteiger partial charge in [-0.1, -0.05) is 29.8 Å². The van der Waals surface area contributed by atoms with Gasteiger partial charge in [-0.3, -0.25) is 9.59 Å². The van der Waals surface area contributed by atoms with Crippen LogP contribution >= 0.6 is 11.6 Å². The lowest BCUT2D eigenvalue weighted by atomic mass is 10.1. The van der Waals surface area contributed by atoms with Crippen LogP contribution in [0.1, 0.15) is 15.9 Å². The third kappa shape index (κ3) is 3.81. The Labute approximate surface area is 133 Å². The molecule has 0 bridgehead atoms. The van der Waals surface area contributed by atoms with Gasteiger partial charge < -0.3 is 10.1 Å². The summed E-state index contributed by atoms with van der Waals surface area (Å²) in [6.45, 7) is -0.170. The Bertz CT molecular complexity index is 747. The van der Waals surface area contributed by atoms with E-state index in [9.17, 15) is 22.8 Å². The number of carbonyl (C=O) groups is 2. The highest BCUT2D eigenvalue weighted by molar-refractivity contribution is 6.33. The van der Waals surface area contributed by atoms with E-state index in [4.69, 9.17) is 11.6 Å². The second-order valence-electron chi connectivity index (χ2n) is 4.33. The first kappa shape index (κ1) is 16.8. The van der Waals surface area contributed by atoms with Gasteiger partial charge in [-0.25, -0.2) is 0 Å². The minimum atomic E-state index is -4.78. The molecule has 0 aromatic heterocycles. The van der Waals surface area contributed by atoms with Crippen molar-refractivity contribution in [3.8, 4) is 5.75 Å². The van der Waals surface area contributed by atoms with Crippen molar-refractivity contribution in [3.63, 3.8) is 0 Å². The zero-order chi connectivity index (χ0) is 17.0. The van der Waals surface area contributed by atoms with Crippen molar-refractivity contribution >= 4 is 29.7 Å². The Balaban J connectivity index is 2.44. The lowest BCUT2D eigenvalue weighted by molar-refractivity contribution is -0.139. The molecule has 2 aromatic rings. The summed E-state index contributed by atoms with van der Waals surface area (Å²) in [6, 6.07) is 9.08. The Morgan fingerprint density at radius 3 is 2.43 bits per heavy atom. The van der Waals surface area contributed by atoms with Crippen molar-refractivity contribution in [2.75, 3.05) is 5.32 Å². The van der Waals surface area contributed by atoms with E-state index in [1.165, 1.54) is 12.1 Å². The van der Waals surface area contributed by atoms with Gasteiger partial charge in [0, 0.05) is 0 Å². The quantitative estimate of drug-likeness (QED) is 0.849. The summed E-state index contributed by atoms with van der Waals surface area (Å²) in [6.07, 6.45) is -4.78. The first-order chi connectivity index (χ1) is 10.8. The van der Waals surface area contributed by atoms with E-state index in [2.05, 4.69) is 10.1 Å². The highest BCUT2D eigenvalue weighted by Crippen LogP contribution is 2.38. The van der Waals surface area contributed by atoms with E-state index in [-0.39, 0.29) is 17.2 Å². The van der Waals surface area contributed by atoms with Gasteiger partial charge in [-0.05, 0) is 24.3 Å². The minimum Gasteiger partial charge on any atom is -0.427 e. The maximum absolute atomic E-state index is 13.0. The van der Waals surface area contributed by atoms with Crippen LogP contribution in [0.15, 0.2) is 42.5 Å². The SMILES string of the molecule is O=COc1c(C(=O)Nc2ccccc2Cl)cccc1C(F)(F)F. The third-order valence-electron chi connectivity index (χ3n) is 2.85. The number of amides is 1. The summed E-state index contributed by atoms with van der Waals surface area (Å²) in [5.74, 6) is -1.75. The van der Waals surface area contributed by atoms with Crippen LogP contribution in [0.3, 0.4) is 0 Å². The average Bonchev–Trinajstić information content (AvgIpc) is 2.49. The van der Waals surface area contributed by atoms with Crippen LogP contribution in [0.2, 0.25) is 5.02 Å². The molecule has 0 aliphatic carbocycles. The van der Waals surface area contributed by atoms with E-state index in [0.717, 1.165) is 12.1 Å². The van der Waals surface area contributed by atoms with Crippen LogP contribution in [-0.2, 0) is 11.0 Å². The lowest BCUT2D eigenvalue weighted by Gasteiger charge is -2.15. The van der Waals surface area contributed by atoms with Gasteiger partial charge in [0.2, 0.25) is 0 Å². The van der Waals surface area contributed by atoms with Crippen LogP contribution < -0.4 is 10.1 Å². The number of halogens is 4. The fraction of sp³-hybridized carbons (Fsp3) is 0.0667. The van der Waals surface area contributed by atoms with Gasteiger partial charge in [-0.2, -0.15) is 13.2 Å². The molecule has 2 aromatic carbocycles. The van der Waals surface area contributed by atoms with Crippen LogP contribution in [0.5, 0.6) is 5.75 Å². The molecule has 120 valence electrons. The number of benzene rings is 2.